The maximum atomic E-state index is 5.68. The molecular weight excluding hydrogens is 234 g/mol. The topological polar surface area (TPSA) is 26.0 Å². The maximum Gasteiger partial charge on any atom is 0.0761 e. The van der Waals surface area contributed by atoms with Crippen LogP contribution in [-0.4, -0.2) is 10.7 Å². The first-order chi connectivity index (χ1) is 7.56. The van der Waals surface area contributed by atoms with Crippen molar-refractivity contribution in [1.29, 1.82) is 0 Å². The molecule has 0 radical (unpaired) electrons. The lowest BCUT2D eigenvalue weighted by molar-refractivity contribution is 0.626. The molecule has 0 aliphatic rings. The Bertz CT molecular complexity index is 345. The van der Waals surface area contributed by atoms with Gasteiger partial charge in [0, 0.05) is 10.8 Å². The normalized spacial score (nSPS) is 14.4. The molecule has 1 aromatic carbocycles. The van der Waals surface area contributed by atoms with Crippen LogP contribution in [0.4, 0.5) is 0 Å². The highest BCUT2D eigenvalue weighted by atomic mass is 32.2. The third-order valence-corrected chi connectivity index (χ3v) is 4.18. The second-order valence-electron chi connectivity index (χ2n) is 3.98. The lowest BCUT2D eigenvalue weighted by atomic mass is 9.89. The Morgan fingerprint density at radius 2 is 1.88 bits per heavy atom. The lowest BCUT2D eigenvalue weighted by Gasteiger charge is -2.19. The van der Waals surface area contributed by atoms with E-state index in [4.69, 9.17) is 18.0 Å². The Kier molecular flexibility index (Phi) is 5.29. The van der Waals surface area contributed by atoms with E-state index in [1.165, 1.54) is 10.5 Å². The Morgan fingerprint density at radius 1 is 1.31 bits per heavy atom. The van der Waals surface area contributed by atoms with Crippen LogP contribution >= 0.6 is 24.0 Å². The first kappa shape index (κ1) is 13.5. The molecule has 0 amide bonds. The summed E-state index contributed by atoms with van der Waals surface area (Å²) in [6.45, 7) is 6.42. The van der Waals surface area contributed by atoms with E-state index in [2.05, 4.69) is 45.0 Å². The minimum atomic E-state index is 0.250. The smallest absolute Gasteiger partial charge is 0.0761 e. The molecule has 0 saturated carbocycles. The zero-order valence-corrected chi connectivity index (χ0v) is 11.7. The van der Waals surface area contributed by atoms with Gasteiger partial charge in [-0.25, -0.2) is 0 Å². The zero-order valence-electron chi connectivity index (χ0n) is 10.1. The summed E-state index contributed by atoms with van der Waals surface area (Å²) in [7, 11) is 0. The van der Waals surface area contributed by atoms with Crippen molar-refractivity contribution < 1.29 is 0 Å². The molecule has 88 valence electrons. The molecule has 2 unspecified atom stereocenters. The van der Waals surface area contributed by atoms with Crippen molar-refractivity contribution in [3.63, 3.8) is 0 Å². The monoisotopic (exact) mass is 253 g/mol. The van der Waals surface area contributed by atoms with Crippen molar-refractivity contribution in [1.82, 2.24) is 0 Å². The Labute approximate surface area is 108 Å². The van der Waals surface area contributed by atoms with Gasteiger partial charge in [-0.3, -0.25) is 0 Å². The van der Waals surface area contributed by atoms with E-state index in [0.717, 1.165) is 5.75 Å². The summed E-state index contributed by atoms with van der Waals surface area (Å²) in [4.78, 5) is 1.92. The number of nitrogens with two attached hydrogens (primary N) is 1. The number of hydrogen-bond acceptors (Lipinski definition) is 2. The van der Waals surface area contributed by atoms with Crippen LogP contribution in [0.2, 0.25) is 0 Å². The zero-order chi connectivity index (χ0) is 12.1. The standard InChI is InChI=1S/C13H19NS2/c1-4-16-12-7-5-11(6-8-12)9(2)10(3)13(14)15/h5-10H,4H2,1-3H3,(H2,14,15). The van der Waals surface area contributed by atoms with E-state index in [1.54, 1.807) is 0 Å². The van der Waals surface area contributed by atoms with Crippen LogP contribution in [0.25, 0.3) is 0 Å². The van der Waals surface area contributed by atoms with Gasteiger partial charge in [0.25, 0.3) is 0 Å². The molecular formula is C13H19NS2. The van der Waals surface area contributed by atoms with E-state index in [0.29, 0.717) is 10.9 Å². The van der Waals surface area contributed by atoms with E-state index < -0.39 is 0 Å². The molecule has 0 aliphatic heterocycles. The van der Waals surface area contributed by atoms with Crippen molar-refractivity contribution in [3.05, 3.63) is 29.8 Å². The van der Waals surface area contributed by atoms with Crippen LogP contribution in [0.1, 0.15) is 32.3 Å². The fourth-order valence-corrected chi connectivity index (χ4v) is 2.44. The molecule has 1 aromatic rings. The highest BCUT2D eigenvalue weighted by Crippen LogP contribution is 2.26. The van der Waals surface area contributed by atoms with Gasteiger partial charge in [-0.1, -0.05) is 45.1 Å². The molecule has 0 bridgehead atoms. The highest BCUT2D eigenvalue weighted by molar-refractivity contribution is 7.99. The minimum Gasteiger partial charge on any atom is -0.393 e. The van der Waals surface area contributed by atoms with Gasteiger partial charge in [-0.05, 0) is 29.4 Å². The fraction of sp³-hybridized carbons (Fsp3) is 0.462. The van der Waals surface area contributed by atoms with Gasteiger partial charge in [-0.2, -0.15) is 0 Å². The van der Waals surface area contributed by atoms with Gasteiger partial charge in [-0.15, -0.1) is 11.8 Å². The first-order valence-corrected chi connectivity index (χ1v) is 6.97. The number of thioether (sulfide) groups is 1. The lowest BCUT2D eigenvalue weighted by Crippen LogP contribution is -2.23. The number of thiocarbonyl (C=S) groups is 1. The molecule has 1 rings (SSSR count). The van der Waals surface area contributed by atoms with Crippen LogP contribution in [0.3, 0.4) is 0 Å². The van der Waals surface area contributed by atoms with Crippen LogP contribution in [0.15, 0.2) is 29.2 Å². The third kappa shape index (κ3) is 3.49. The summed E-state index contributed by atoms with van der Waals surface area (Å²) in [5.41, 5.74) is 6.99. The summed E-state index contributed by atoms with van der Waals surface area (Å²) in [5, 5.41) is 0. The van der Waals surface area contributed by atoms with Gasteiger partial charge in [0.2, 0.25) is 0 Å². The molecule has 0 heterocycles. The molecule has 16 heavy (non-hydrogen) atoms. The van der Waals surface area contributed by atoms with E-state index in [1.807, 2.05) is 11.8 Å². The van der Waals surface area contributed by atoms with Gasteiger partial charge >= 0.3 is 0 Å². The molecule has 3 heteroatoms. The first-order valence-electron chi connectivity index (χ1n) is 5.58. The quantitative estimate of drug-likeness (QED) is 0.638. The molecule has 0 fully saturated rings. The molecule has 0 aliphatic carbocycles. The molecule has 2 N–H and O–H groups in total. The van der Waals surface area contributed by atoms with Crippen LogP contribution in [0, 0.1) is 5.92 Å². The summed E-state index contributed by atoms with van der Waals surface area (Å²) >= 11 is 6.90. The Hall–Kier alpha value is -0.540. The number of hydrogen-bond donors (Lipinski definition) is 1. The summed E-state index contributed by atoms with van der Waals surface area (Å²) in [6, 6.07) is 8.70. The predicted molar refractivity (Wildman–Crippen MR) is 77.2 cm³/mol. The van der Waals surface area contributed by atoms with E-state index in [-0.39, 0.29) is 5.92 Å². The predicted octanol–water partition coefficient (Wildman–Crippen LogP) is 3.82. The highest BCUT2D eigenvalue weighted by Gasteiger charge is 2.16. The van der Waals surface area contributed by atoms with Crippen molar-refractivity contribution >= 4 is 29.0 Å². The molecule has 0 spiro atoms. The van der Waals surface area contributed by atoms with E-state index in [9.17, 15) is 0 Å². The van der Waals surface area contributed by atoms with Crippen molar-refractivity contribution in [3.8, 4) is 0 Å². The van der Waals surface area contributed by atoms with Crippen LogP contribution in [0.5, 0.6) is 0 Å². The maximum absolute atomic E-state index is 5.68. The van der Waals surface area contributed by atoms with Crippen LogP contribution < -0.4 is 5.73 Å². The summed E-state index contributed by atoms with van der Waals surface area (Å²) in [5.74, 6) is 1.75. The van der Waals surface area contributed by atoms with E-state index >= 15 is 0 Å². The SMILES string of the molecule is CCSc1ccc(C(C)C(C)C(N)=S)cc1. The second-order valence-corrected chi connectivity index (χ2v) is 5.79. The van der Waals surface area contributed by atoms with Gasteiger partial charge in [0.1, 0.15) is 0 Å². The Morgan fingerprint density at radius 3 is 2.31 bits per heavy atom. The van der Waals surface area contributed by atoms with Crippen LogP contribution in [-0.2, 0) is 0 Å². The van der Waals surface area contributed by atoms with Crippen molar-refractivity contribution in [2.45, 2.75) is 31.6 Å². The number of rotatable bonds is 5. The largest absolute Gasteiger partial charge is 0.393 e. The number of benzene rings is 1. The summed E-state index contributed by atoms with van der Waals surface area (Å²) < 4.78 is 0. The molecule has 0 saturated heterocycles. The van der Waals surface area contributed by atoms with Gasteiger partial charge < -0.3 is 5.73 Å². The fourth-order valence-electron chi connectivity index (χ4n) is 1.57. The van der Waals surface area contributed by atoms with Gasteiger partial charge in [0.15, 0.2) is 0 Å². The minimum absolute atomic E-state index is 0.250. The second kappa shape index (κ2) is 6.26. The Balaban J connectivity index is 2.77. The molecule has 0 aromatic heterocycles. The third-order valence-electron chi connectivity index (χ3n) is 2.92. The average molecular weight is 253 g/mol. The summed E-state index contributed by atoms with van der Waals surface area (Å²) in [6.07, 6.45) is 0. The van der Waals surface area contributed by atoms with Crippen molar-refractivity contribution in [2.75, 3.05) is 5.75 Å². The van der Waals surface area contributed by atoms with Gasteiger partial charge in [0.05, 0.1) is 4.99 Å². The van der Waals surface area contributed by atoms with Crippen molar-refractivity contribution in [2.24, 2.45) is 11.7 Å². The average Bonchev–Trinajstić information content (AvgIpc) is 2.28. The molecule has 1 nitrogen and oxygen atoms in total. The molecule has 2 atom stereocenters.